The van der Waals surface area contributed by atoms with Crippen LogP contribution in [-0.2, 0) is 4.79 Å². The summed E-state index contributed by atoms with van der Waals surface area (Å²) >= 11 is 0. The fourth-order valence-corrected chi connectivity index (χ4v) is 2.99. The van der Waals surface area contributed by atoms with Gasteiger partial charge in [0, 0.05) is 5.56 Å². The van der Waals surface area contributed by atoms with E-state index >= 15 is 0 Å². The number of carboxylic acids is 1. The third kappa shape index (κ3) is 3.33. The van der Waals surface area contributed by atoms with Crippen LogP contribution in [0.2, 0.25) is 0 Å². The minimum Gasteiger partial charge on any atom is -0.478 e. The minimum absolute atomic E-state index is 0.194. The smallest absolute Gasteiger partial charge is 0.335 e. The SMILES string of the molecule is O=C(O)c1ccc(/C=C2/N=C(c3ccccc3)N(c3ccccc3)C2=O)cc1. The second-order valence-corrected chi connectivity index (χ2v) is 6.23. The third-order valence-electron chi connectivity index (χ3n) is 4.37. The quantitative estimate of drug-likeness (QED) is 0.701. The van der Waals surface area contributed by atoms with Crippen LogP contribution < -0.4 is 4.90 Å². The molecule has 0 saturated heterocycles. The Balaban J connectivity index is 1.77. The van der Waals surface area contributed by atoms with Crippen molar-refractivity contribution in [2.75, 3.05) is 4.90 Å². The molecule has 0 saturated carbocycles. The molecule has 0 spiro atoms. The Labute approximate surface area is 161 Å². The molecule has 3 aromatic rings. The first-order valence-electron chi connectivity index (χ1n) is 8.72. The van der Waals surface area contributed by atoms with Crippen LogP contribution in [0, 0.1) is 0 Å². The van der Waals surface area contributed by atoms with E-state index in [9.17, 15) is 9.59 Å². The molecule has 4 rings (SSSR count). The normalized spacial score (nSPS) is 15.0. The molecule has 0 radical (unpaired) electrons. The van der Waals surface area contributed by atoms with Crippen LogP contribution >= 0.6 is 0 Å². The Morgan fingerprint density at radius 2 is 1.46 bits per heavy atom. The average Bonchev–Trinajstić information content (AvgIpc) is 3.06. The first-order chi connectivity index (χ1) is 13.6. The van der Waals surface area contributed by atoms with Crippen molar-refractivity contribution in [1.29, 1.82) is 0 Å². The van der Waals surface area contributed by atoms with Crippen LogP contribution in [0.3, 0.4) is 0 Å². The van der Waals surface area contributed by atoms with Crippen molar-refractivity contribution < 1.29 is 14.7 Å². The van der Waals surface area contributed by atoms with Crippen LogP contribution in [0.1, 0.15) is 21.5 Å². The molecule has 136 valence electrons. The van der Waals surface area contributed by atoms with Crippen LogP contribution in [0.4, 0.5) is 5.69 Å². The molecule has 1 heterocycles. The zero-order valence-corrected chi connectivity index (χ0v) is 14.8. The van der Waals surface area contributed by atoms with Crippen LogP contribution in [-0.4, -0.2) is 22.8 Å². The number of hydrogen-bond acceptors (Lipinski definition) is 3. The molecular formula is C23H16N2O3. The minimum atomic E-state index is -0.990. The summed E-state index contributed by atoms with van der Waals surface area (Å²) in [5.74, 6) is -0.659. The van der Waals surface area contributed by atoms with Gasteiger partial charge in [0.2, 0.25) is 0 Å². The van der Waals surface area contributed by atoms with Gasteiger partial charge in [-0.3, -0.25) is 9.69 Å². The molecule has 0 unspecified atom stereocenters. The molecule has 0 aliphatic carbocycles. The second kappa shape index (κ2) is 7.32. The molecular weight excluding hydrogens is 352 g/mol. The molecule has 1 aliphatic heterocycles. The number of anilines is 1. The largest absolute Gasteiger partial charge is 0.478 e. The molecule has 5 nitrogen and oxygen atoms in total. The summed E-state index contributed by atoms with van der Waals surface area (Å²) in [4.78, 5) is 30.3. The number of benzene rings is 3. The number of carbonyl (C=O) groups excluding carboxylic acids is 1. The summed E-state index contributed by atoms with van der Waals surface area (Å²) in [7, 11) is 0. The van der Waals surface area contributed by atoms with Gasteiger partial charge in [-0.05, 0) is 35.9 Å². The van der Waals surface area contributed by atoms with Crippen molar-refractivity contribution in [1.82, 2.24) is 0 Å². The average molecular weight is 368 g/mol. The Hall–Kier alpha value is -3.99. The summed E-state index contributed by atoms with van der Waals surface area (Å²) in [6, 6.07) is 25.2. The zero-order valence-electron chi connectivity index (χ0n) is 14.8. The van der Waals surface area contributed by atoms with Crippen molar-refractivity contribution >= 4 is 29.5 Å². The summed E-state index contributed by atoms with van der Waals surface area (Å²) < 4.78 is 0. The lowest BCUT2D eigenvalue weighted by Crippen LogP contribution is -2.32. The highest BCUT2D eigenvalue weighted by atomic mass is 16.4. The van der Waals surface area contributed by atoms with E-state index in [1.807, 2.05) is 60.7 Å². The van der Waals surface area contributed by atoms with E-state index in [0.29, 0.717) is 17.1 Å². The lowest BCUT2D eigenvalue weighted by Gasteiger charge is -2.18. The Morgan fingerprint density at radius 1 is 0.857 bits per heavy atom. The highest BCUT2D eigenvalue weighted by Crippen LogP contribution is 2.27. The third-order valence-corrected chi connectivity index (χ3v) is 4.37. The lowest BCUT2D eigenvalue weighted by molar-refractivity contribution is -0.113. The van der Waals surface area contributed by atoms with Gasteiger partial charge in [-0.25, -0.2) is 9.79 Å². The van der Waals surface area contributed by atoms with E-state index < -0.39 is 5.97 Å². The van der Waals surface area contributed by atoms with Crippen molar-refractivity contribution in [3.8, 4) is 0 Å². The van der Waals surface area contributed by atoms with Gasteiger partial charge < -0.3 is 5.11 Å². The van der Waals surface area contributed by atoms with Gasteiger partial charge in [-0.1, -0.05) is 60.7 Å². The molecule has 0 atom stereocenters. The number of amidine groups is 1. The van der Waals surface area contributed by atoms with Gasteiger partial charge in [0.05, 0.1) is 11.3 Å². The Kier molecular flexibility index (Phi) is 4.56. The lowest BCUT2D eigenvalue weighted by atomic mass is 10.1. The van der Waals surface area contributed by atoms with E-state index in [4.69, 9.17) is 5.11 Å². The summed E-state index contributed by atoms with van der Waals surface area (Å²) in [5, 5.41) is 9.03. The van der Waals surface area contributed by atoms with Crippen molar-refractivity contribution in [3.05, 3.63) is 107 Å². The molecule has 0 bridgehead atoms. The van der Waals surface area contributed by atoms with Gasteiger partial charge >= 0.3 is 5.97 Å². The molecule has 28 heavy (non-hydrogen) atoms. The maximum absolute atomic E-state index is 13.1. The maximum Gasteiger partial charge on any atom is 0.335 e. The fourth-order valence-electron chi connectivity index (χ4n) is 2.99. The first kappa shape index (κ1) is 17.4. The zero-order chi connectivity index (χ0) is 19.5. The number of hydrogen-bond donors (Lipinski definition) is 1. The number of carboxylic acid groups (broad SMARTS) is 1. The number of aromatic carboxylic acids is 1. The maximum atomic E-state index is 13.1. The van der Waals surface area contributed by atoms with E-state index in [1.54, 1.807) is 23.1 Å². The van der Waals surface area contributed by atoms with Crippen molar-refractivity contribution in [2.45, 2.75) is 0 Å². The summed E-state index contributed by atoms with van der Waals surface area (Å²) in [6.07, 6.45) is 1.67. The predicted octanol–water partition coefficient (Wildman–Crippen LogP) is 4.22. The van der Waals surface area contributed by atoms with Gasteiger partial charge in [0.1, 0.15) is 11.5 Å². The Bertz CT molecular complexity index is 1090. The number of amides is 1. The molecule has 0 aromatic heterocycles. The number of carbonyl (C=O) groups is 2. The number of aliphatic imine (C=N–C) groups is 1. The van der Waals surface area contributed by atoms with E-state index in [1.165, 1.54) is 12.1 Å². The molecule has 1 amide bonds. The van der Waals surface area contributed by atoms with Crippen LogP contribution in [0.15, 0.2) is 95.6 Å². The topological polar surface area (TPSA) is 70.0 Å². The van der Waals surface area contributed by atoms with Crippen molar-refractivity contribution in [3.63, 3.8) is 0 Å². The molecule has 1 N–H and O–H groups in total. The number of rotatable bonds is 4. The molecule has 1 aliphatic rings. The molecule has 5 heteroatoms. The highest BCUT2D eigenvalue weighted by Gasteiger charge is 2.32. The van der Waals surface area contributed by atoms with Gasteiger partial charge in [0.15, 0.2) is 0 Å². The molecule has 0 fully saturated rings. The van der Waals surface area contributed by atoms with E-state index in [0.717, 1.165) is 11.3 Å². The van der Waals surface area contributed by atoms with Crippen molar-refractivity contribution in [2.24, 2.45) is 4.99 Å². The first-order valence-corrected chi connectivity index (χ1v) is 8.72. The number of para-hydroxylation sites is 1. The van der Waals surface area contributed by atoms with E-state index in [-0.39, 0.29) is 11.5 Å². The standard InChI is InChI=1S/C23H16N2O3/c26-22-20(15-16-11-13-18(14-12-16)23(27)28)24-21(17-7-3-1-4-8-17)25(22)19-9-5-2-6-10-19/h1-15H,(H,27,28)/b20-15+. The summed E-state index contributed by atoms with van der Waals surface area (Å²) in [5.41, 5.74) is 2.77. The number of nitrogens with zero attached hydrogens (tertiary/aromatic N) is 2. The van der Waals surface area contributed by atoms with Crippen LogP contribution in [0.25, 0.3) is 6.08 Å². The van der Waals surface area contributed by atoms with Gasteiger partial charge in [-0.2, -0.15) is 0 Å². The van der Waals surface area contributed by atoms with E-state index in [2.05, 4.69) is 4.99 Å². The monoisotopic (exact) mass is 368 g/mol. The molecule has 3 aromatic carbocycles. The van der Waals surface area contributed by atoms with Gasteiger partial charge in [-0.15, -0.1) is 0 Å². The Morgan fingerprint density at radius 3 is 2.07 bits per heavy atom. The summed E-state index contributed by atoms with van der Waals surface area (Å²) in [6.45, 7) is 0. The highest BCUT2D eigenvalue weighted by molar-refractivity contribution is 6.33. The predicted molar refractivity (Wildman–Crippen MR) is 108 cm³/mol. The van der Waals surface area contributed by atoms with Crippen LogP contribution in [0.5, 0.6) is 0 Å². The second-order valence-electron chi connectivity index (χ2n) is 6.23. The van der Waals surface area contributed by atoms with Gasteiger partial charge in [0.25, 0.3) is 5.91 Å². The fraction of sp³-hybridized carbons (Fsp3) is 0.